The van der Waals surface area contributed by atoms with Crippen LogP contribution in [-0.4, -0.2) is 25.0 Å². The number of anilines is 2. The standard InChI is InChI=1S/C21H18F3N3OS/c1-27(2)19-17(23)10-15(11-18(19)24)26-20(28)16-4-3-9-25-21(16)29-12-13-5-7-14(22)8-6-13/h3-11H,12H2,1-2H3,(H,26,28). The predicted molar refractivity (Wildman–Crippen MR) is 109 cm³/mol. The van der Waals surface area contributed by atoms with E-state index in [0.717, 1.165) is 17.7 Å². The van der Waals surface area contributed by atoms with Crippen molar-refractivity contribution in [1.29, 1.82) is 0 Å². The molecule has 0 unspecified atom stereocenters. The highest BCUT2D eigenvalue weighted by atomic mass is 32.2. The lowest BCUT2D eigenvalue weighted by molar-refractivity contribution is 0.102. The van der Waals surface area contributed by atoms with Gasteiger partial charge in [-0.3, -0.25) is 4.79 Å². The van der Waals surface area contributed by atoms with E-state index >= 15 is 0 Å². The highest BCUT2D eigenvalue weighted by Gasteiger charge is 2.17. The minimum atomic E-state index is -0.776. The maximum Gasteiger partial charge on any atom is 0.258 e. The van der Waals surface area contributed by atoms with Gasteiger partial charge in [0.05, 0.1) is 5.56 Å². The number of nitrogens with one attached hydrogen (secondary N) is 1. The van der Waals surface area contributed by atoms with Crippen LogP contribution in [0, 0.1) is 17.5 Å². The van der Waals surface area contributed by atoms with Gasteiger partial charge in [-0.1, -0.05) is 12.1 Å². The van der Waals surface area contributed by atoms with Gasteiger partial charge < -0.3 is 10.2 Å². The Labute approximate surface area is 170 Å². The fraction of sp³-hybridized carbons (Fsp3) is 0.143. The molecule has 150 valence electrons. The van der Waals surface area contributed by atoms with Gasteiger partial charge in [0, 0.05) is 31.7 Å². The highest BCUT2D eigenvalue weighted by molar-refractivity contribution is 7.98. The zero-order chi connectivity index (χ0) is 21.0. The molecule has 0 fully saturated rings. The maximum atomic E-state index is 14.2. The molecule has 29 heavy (non-hydrogen) atoms. The lowest BCUT2D eigenvalue weighted by atomic mass is 10.2. The van der Waals surface area contributed by atoms with Crippen LogP contribution >= 0.6 is 11.8 Å². The van der Waals surface area contributed by atoms with Crippen LogP contribution in [0.3, 0.4) is 0 Å². The molecule has 1 heterocycles. The molecule has 0 spiro atoms. The number of pyridine rings is 1. The number of halogens is 3. The summed E-state index contributed by atoms with van der Waals surface area (Å²) in [5.41, 5.74) is 0.975. The first-order valence-corrected chi connectivity index (χ1v) is 9.63. The van der Waals surface area contributed by atoms with Crippen LogP contribution in [0.25, 0.3) is 0 Å². The first kappa shape index (κ1) is 20.7. The van der Waals surface area contributed by atoms with Crippen molar-refractivity contribution in [1.82, 2.24) is 4.98 Å². The van der Waals surface area contributed by atoms with Gasteiger partial charge in [-0.15, -0.1) is 11.8 Å². The van der Waals surface area contributed by atoms with Gasteiger partial charge in [-0.2, -0.15) is 0 Å². The van der Waals surface area contributed by atoms with Crippen LogP contribution in [0.4, 0.5) is 24.5 Å². The molecule has 0 bridgehead atoms. The Bertz CT molecular complexity index is 1000. The SMILES string of the molecule is CN(C)c1c(F)cc(NC(=O)c2cccnc2SCc2ccc(F)cc2)cc1F. The van der Waals surface area contributed by atoms with Crippen molar-refractivity contribution < 1.29 is 18.0 Å². The molecule has 0 aliphatic rings. The molecular formula is C21H18F3N3OS. The molecule has 1 amide bonds. The Balaban J connectivity index is 1.77. The number of benzene rings is 2. The Kier molecular flexibility index (Phi) is 6.43. The van der Waals surface area contributed by atoms with E-state index in [1.54, 1.807) is 30.5 Å². The second-order valence-corrected chi connectivity index (χ2v) is 7.37. The summed E-state index contributed by atoms with van der Waals surface area (Å²) in [7, 11) is 3.06. The van der Waals surface area contributed by atoms with Gasteiger partial charge in [0.15, 0.2) is 11.6 Å². The van der Waals surface area contributed by atoms with Gasteiger partial charge in [0.25, 0.3) is 5.91 Å². The number of carbonyl (C=O) groups excluding carboxylic acids is 1. The summed E-state index contributed by atoms with van der Waals surface area (Å²) in [5, 5.41) is 2.97. The van der Waals surface area contributed by atoms with Gasteiger partial charge in [0.2, 0.25) is 0 Å². The van der Waals surface area contributed by atoms with Crippen molar-refractivity contribution in [3.8, 4) is 0 Å². The lowest BCUT2D eigenvalue weighted by Gasteiger charge is -2.16. The Hall–Kier alpha value is -3.00. The molecule has 8 heteroatoms. The Morgan fingerprint density at radius 1 is 1.07 bits per heavy atom. The van der Waals surface area contributed by atoms with E-state index in [2.05, 4.69) is 10.3 Å². The number of amides is 1. The topological polar surface area (TPSA) is 45.2 Å². The summed E-state index contributed by atoms with van der Waals surface area (Å²) in [5.74, 6) is -1.92. The molecule has 0 radical (unpaired) electrons. The van der Waals surface area contributed by atoms with Crippen molar-refractivity contribution in [3.05, 3.63) is 83.3 Å². The Morgan fingerprint density at radius 2 is 1.72 bits per heavy atom. The van der Waals surface area contributed by atoms with E-state index in [4.69, 9.17) is 0 Å². The molecule has 0 atom stereocenters. The normalized spacial score (nSPS) is 10.7. The molecule has 4 nitrogen and oxygen atoms in total. The number of hydrogen-bond donors (Lipinski definition) is 1. The van der Waals surface area contributed by atoms with E-state index in [-0.39, 0.29) is 22.8 Å². The molecule has 3 aromatic rings. The highest BCUT2D eigenvalue weighted by Crippen LogP contribution is 2.28. The summed E-state index contributed by atoms with van der Waals surface area (Å²) in [6, 6.07) is 11.4. The third kappa shape index (κ3) is 5.08. The van der Waals surface area contributed by atoms with Crippen molar-refractivity contribution >= 4 is 29.0 Å². The number of thioether (sulfide) groups is 1. The van der Waals surface area contributed by atoms with Crippen LogP contribution in [0.15, 0.2) is 59.8 Å². The van der Waals surface area contributed by atoms with E-state index in [0.29, 0.717) is 10.8 Å². The van der Waals surface area contributed by atoms with Gasteiger partial charge in [-0.05, 0) is 42.0 Å². The maximum absolute atomic E-state index is 14.2. The number of rotatable bonds is 6. The van der Waals surface area contributed by atoms with Gasteiger partial charge >= 0.3 is 0 Å². The molecule has 3 rings (SSSR count). The summed E-state index contributed by atoms with van der Waals surface area (Å²) < 4.78 is 41.3. The van der Waals surface area contributed by atoms with Crippen LogP contribution < -0.4 is 10.2 Å². The van der Waals surface area contributed by atoms with Crippen LogP contribution in [0.1, 0.15) is 15.9 Å². The number of nitrogens with zero attached hydrogens (tertiary/aromatic N) is 2. The largest absolute Gasteiger partial charge is 0.373 e. The molecule has 1 N–H and O–H groups in total. The molecule has 2 aromatic carbocycles. The lowest BCUT2D eigenvalue weighted by Crippen LogP contribution is -2.16. The van der Waals surface area contributed by atoms with E-state index in [9.17, 15) is 18.0 Å². The monoisotopic (exact) mass is 417 g/mol. The summed E-state index contributed by atoms with van der Waals surface area (Å²) in [4.78, 5) is 18.2. The van der Waals surface area contributed by atoms with E-state index in [1.165, 1.54) is 42.9 Å². The van der Waals surface area contributed by atoms with E-state index in [1.807, 2.05) is 0 Å². The molecular weight excluding hydrogens is 399 g/mol. The third-order valence-electron chi connectivity index (χ3n) is 4.03. The molecule has 0 saturated carbocycles. The van der Waals surface area contributed by atoms with Crippen molar-refractivity contribution in [2.24, 2.45) is 0 Å². The third-order valence-corrected chi connectivity index (χ3v) is 5.10. The summed E-state index contributed by atoms with van der Waals surface area (Å²) in [6.07, 6.45) is 1.55. The molecule has 0 aliphatic heterocycles. The predicted octanol–water partition coefficient (Wildman–Crippen LogP) is 5.11. The summed E-state index contributed by atoms with van der Waals surface area (Å²) >= 11 is 1.31. The van der Waals surface area contributed by atoms with Gasteiger partial charge in [-0.25, -0.2) is 18.2 Å². The second-order valence-electron chi connectivity index (χ2n) is 6.41. The minimum Gasteiger partial charge on any atom is -0.373 e. The molecule has 0 aliphatic carbocycles. The fourth-order valence-corrected chi connectivity index (χ4v) is 3.62. The average molecular weight is 417 g/mol. The number of carbonyl (C=O) groups is 1. The van der Waals surface area contributed by atoms with Crippen molar-refractivity contribution in [2.75, 3.05) is 24.3 Å². The summed E-state index contributed by atoms with van der Waals surface area (Å²) in [6.45, 7) is 0. The Morgan fingerprint density at radius 3 is 2.34 bits per heavy atom. The second kappa shape index (κ2) is 9.00. The van der Waals surface area contributed by atoms with E-state index < -0.39 is 17.5 Å². The number of hydrogen-bond acceptors (Lipinski definition) is 4. The zero-order valence-electron chi connectivity index (χ0n) is 15.7. The van der Waals surface area contributed by atoms with Crippen LogP contribution in [0.5, 0.6) is 0 Å². The van der Waals surface area contributed by atoms with Gasteiger partial charge in [0.1, 0.15) is 16.5 Å². The van der Waals surface area contributed by atoms with Crippen molar-refractivity contribution in [3.63, 3.8) is 0 Å². The molecule has 0 saturated heterocycles. The first-order chi connectivity index (χ1) is 13.8. The van der Waals surface area contributed by atoms with Crippen LogP contribution in [-0.2, 0) is 5.75 Å². The minimum absolute atomic E-state index is 0.00828. The first-order valence-electron chi connectivity index (χ1n) is 8.65. The quantitative estimate of drug-likeness (QED) is 0.566. The average Bonchev–Trinajstić information content (AvgIpc) is 2.67. The smallest absolute Gasteiger partial charge is 0.258 e. The fourth-order valence-electron chi connectivity index (χ4n) is 2.67. The van der Waals surface area contributed by atoms with Crippen molar-refractivity contribution in [2.45, 2.75) is 10.8 Å². The molecule has 1 aromatic heterocycles. The zero-order valence-corrected chi connectivity index (χ0v) is 16.6. The van der Waals surface area contributed by atoms with Crippen LogP contribution in [0.2, 0.25) is 0 Å². The number of aromatic nitrogens is 1.